The van der Waals surface area contributed by atoms with Gasteiger partial charge >= 0.3 is 0 Å². The first-order valence-corrected chi connectivity index (χ1v) is 14.8. The maximum atomic E-state index is 14.3. The van der Waals surface area contributed by atoms with Gasteiger partial charge in [0, 0.05) is 43.9 Å². The van der Waals surface area contributed by atoms with E-state index >= 15 is 0 Å². The molecule has 4 aliphatic carbocycles. The highest BCUT2D eigenvalue weighted by Crippen LogP contribution is 2.54. The van der Waals surface area contributed by atoms with Gasteiger partial charge in [-0.3, -0.25) is 19.8 Å². The van der Waals surface area contributed by atoms with Gasteiger partial charge in [0.2, 0.25) is 5.91 Å². The lowest BCUT2D eigenvalue weighted by molar-refractivity contribution is -0.178. The van der Waals surface area contributed by atoms with Gasteiger partial charge < -0.3 is 41.5 Å². The summed E-state index contributed by atoms with van der Waals surface area (Å²) < 4.78 is 0. The largest absolute Gasteiger partial charge is 0.508 e. The van der Waals surface area contributed by atoms with Crippen LogP contribution in [0.5, 0.6) is 0 Å². The fourth-order valence-electron chi connectivity index (χ4n) is 7.41. The summed E-state index contributed by atoms with van der Waals surface area (Å²) in [4.78, 5) is 55.8. The minimum Gasteiger partial charge on any atom is -0.508 e. The Kier molecular flexibility index (Phi) is 8.42. The number of carbonyl (C=O) groups is 3. The molecule has 1 aromatic rings. The lowest BCUT2D eigenvalue weighted by Gasteiger charge is -2.53. The number of anilines is 2. The molecular formula is C31H39N7O7. The number of fused-ring (bicyclic) bond motifs is 3. The molecule has 240 valence electrons. The van der Waals surface area contributed by atoms with Crippen LogP contribution in [0, 0.1) is 28.1 Å². The average molecular weight is 622 g/mol. The monoisotopic (exact) mass is 621 g/mol. The summed E-state index contributed by atoms with van der Waals surface area (Å²) in [5, 5.41) is 51.9. The lowest BCUT2D eigenvalue weighted by atomic mass is 9.56. The van der Waals surface area contributed by atoms with Crippen molar-refractivity contribution in [1.82, 2.24) is 10.2 Å². The molecule has 0 spiro atoms. The Morgan fingerprint density at radius 3 is 2.51 bits per heavy atom. The number of hydrogen-bond donors (Lipinski definition) is 7. The summed E-state index contributed by atoms with van der Waals surface area (Å²) in [5.74, 6) is -7.82. The van der Waals surface area contributed by atoms with Crippen molar-refractivity contribution in [2.24, 2.45) is 28.7 Å². The van der Waals surface area contributed by atoms with Gasteiger partial charge in [-0.15, -0.1) is 4.91 Å². The molecule has 3 unspecified atom stereocenters. The lowest BCUT2D eigenvalue weighted by Crippen LogP contribution is -2.71. The molecule has 45 heavy (non-hydrogen) atoms. The Hall–Kier alpha value is -4.40. The zero-order chi connectivity index (χ0) is 33.0. The fourth-order valence-corrected chi connectivity index (χ4v) is 7.41. The van der Waals surface area contributed by atoms with Gasteiger partial charge in [0.05, 0.1) is 17.4 Å². The van der Waals surface area contributed by atoms with Crippen molar-refractivity contribution < 1.29 is 29.7 Å². The number of benzene rings is 1. The number of carbonyl (C=O) groups excluding carboxylic acids is 3. The third-order valence-electron chi connectivity index (χ3n) is 9.44. The van der Waals surface area contributed by atoms with Crippen LogP contribution >= 0.6 is 0 Å². The van der Waals surface area contributed by atoms with E-state index in [1.54, 1.807) is 44.1 Å². The number of rotatable bonds is 7. The number of aliphatic hydroxyl groups is 3. The van der Waals surface area contributed by atoms with Crippen LogP contribution in [0.2, 0.25) is 0 Å². The number of nitrogens with zero attached hydrogens (tertiary/aromatic N) is 3. The van der Waals surface area contributed by atoms with Crippen molar-refractivity contribution in [2.75, 3.05) is 45.0 Å². The number of nitrogens with two attached hydrogens (primary N) is 1. The summed E-state index contributed by atoms with van der Waals surface area (Å²) in [6.07, 6.45) is 6.51. The van der Waals surface area contributed by atoms with Gasteiger partial charge in [-0.1, -0.05) is 18.2 Å². The minimum atomic E-state index is -2.68. The van der Waals surface area contributed by atoms with E-state index in [1.807, 2.05) is 12.2 Å². The van der Waals surface area contributed by atoms with Crippen LogP contribution in [0.15, 0.2) is 46.4 Å². The topological polar surface area (TPSA) is 222 Å². The summed E-state index contributed by atoms with van der Waals surface area (Å²) in [7, 11) is 6.73. The Morgan fingerprint density at radius 2 is 1.93 bits per heavy atom. The number of amides is 1. The van der Waals surface area contributed by atoms with Crippen molar-refractivity contribution in [3.05, 3.63) is 57.2 Å². The zero-order valence-corrected chi connectivity index (χ0v) is 25.6. The van der Waals surface area contributed by atoms with Gasteiger partial charge in [-0.25, -0.2) is 0 Å². The second kappa shape index (κ2) is 11.8. The molecule has 4 aliphatic rings. The molecule has 1 fully saturated rings. The van der Waals surface area contributed by atoms with Crippen LogP contribution in [-0.2, 0) is 16.0 Å². The number of hydrogen-bond acceptors (Lipinski definition) is 11. The van der Waals surface area contributed by atoms with Gasteiger partial charge in [0.15, 0.2) is 23.1 Å². The molecule has 14 nitrogen and oxygen atoms in total. The van der Waals surface area contributed by atoms with Crippen molar-refractivity contribution >= 4 is 40.5 Å². The molecule has 5 rings (SSSR count). The molecule has 14 heteroatoms. The number of aliphatic hydroxyl groups excluding tert-OH is 2. The molecule has 0 aliphatic heterocycles. The Labute approximate surface area is 260 Å². The second-order valence-electron chi connectivity index (χ2n) is 12.5. The van der Waals surface area contributed by atoms with Gasteiger partial charge in [-0.2, -0.15) is 0 Å². The summed E-state index contributed by atoms with van der Waals surface area (Å²) in [6.45, 7) is 0.363. The highest BCUT2D eigenvalue weighted by atomic mass is 16.3. The molecule has 6 atom stereocenters. The average Bonchev–Trinajstić information content (AvgIpc) is 2.98. The first kappa shape index (κ1) is 32.0. The number of guanidine groups is 1. The molecule has 0 aromatic heterocycles. The normalized spacial score (nSPS) is 29.0. The first-order valence-electron chi connectivity index (χ1n) is 14.8. The van der Waals surface area contributed by atoms with Crippen molar-refractivity contribution in [3.63, 3.8) is 0 Å². The van der Waals surface area contributed by atoms with E-state index in [0.717, 1.165) is 18.4 Å². The molecule has 1 amide bonds. The van der Waals surface area contributed by atoms with E-state index in [9.17, 15) is 34.6 Å². The number of ketones is 2. The predicted molar refractivity (Wildman–Crippen MR) is 167 cm³/mol. The van der Waals surface area contributed by atoms with E-state index in [2.05, 4.69) is 21.9 Å². The first-order chi connectivity index (χ1) is 21.2. The SMILES string of the molecule is CN(C)c1cc(NC(=N)NCC2=CCCC=C2)c(N=O)c2c1C[C@H]1C[C@H]3C(N(C)C)C(O)C(C(N)=O)C(=O)[C@@]3(O)C(O)=C1C2=O. The Bertz CT molecular complexity index is 1580. The van der Waals surface area contributed by atoms with E-state index in [-0.39, 0.29) is 41.3 Å². The summed E-state index contributed by atoms with van der Waals surface area (Å²) >= 11 is 0. The molecule has 0 radical (unpaired) electrons. The molecule has 1 saturated carbocycles. The smallest absolute Gasteiger partial charge is 0.230 e. The van der Waals surface area contributed by atoms with Crippen LogP contribution in [0.25, 0.3) is 0 Å². The van der Waals surface area contributed by atoms with Crippen molar-refractivity contribution in [2.45, 2.75) is 43.4 Å². The van der Waals surface area contributed by atoms with Crippen LogP contribution in [0.4, 0.5) is 17.1 Å². The highest BCUT2D eigenvalue weighted by molar-refractivity contribution is 6.19. The van der Waals surface area contributed by atoms with E-state index in [0.29, 0.717) is 17.8 Å². The van der Waals surface area contributed by atoms with Crippen LogP contribution < -0.4 is 21.3 Å². The molecule has 0 heterocycles. The second-order valence-corrected chi connectivity index (χ2v) is 12.5. The molecule has 8 N–H and O–H groups in total. The highest BCUT2D eigenvalue weighted by Gasteiger charge is 2.66. The van der Waals surface area contributed by atoms with Gasteiger partial charge in [0.25, 0.3) is 0 Å². The van der Waals surface area contributed by atoms with Gasteiger partial charge in [0.1, 0.15) is 17.4 Å². The summed E-state index contributed by atoms with van der Waals surface area (Å²) in [5.41, 5.74) is 4.23. The fraction of sp³-hybridized carbons (Fsp3) is 0.484. The minimum absolute atomic E-state index is 0.00772. The maximum absolute atomic E-state index is 14.3. The van der Waals surface area contributed by atoms with E-state index in [4.69, 9.17) is 11.1 Å². The third kappa shape index (κ3) is 5.12. The Morgan fingerprint density at radius 1 is 1.22 bits per heavy atom. The number of likely N-dealkylation sites (N-methyl/N-ethyl adjacent to an activating group) is 1. The van der Waals surface area contributed by atoms with Gasteiger partial charge in [-0.05, 0) is 68.1 Å². The van der Waals surface area contributed by atoms with Crippen LogP contribution in [0.1, 0.15) is 35.2 Å². The predicted octanol–water partition coefficient (Wildman–Crippen LogP) is 1.26. The van der Waals surface area contributed by atoms with E-state index < -0.39 is 58.7 Å². The van der Waals surface area contributed by atoms with E-state index in [1.165, 1.54) is 0 Å². The maximum Gasteiger partial charge on any atom is 0.230 e. The van der Waals surface area contributed by atoms with Crippen molar-refractivity contribution in [3.8, 4) is 0 Å². The molecule has 0 bridgehead atoms. The number of primary amides is 1. The molecular weight excluding hydrogens is 582 g/mol. The summed E-state index contributed by atoms with van der Waals surface area (Å²) in [6, 6.07) is 0.663. The third-order valence-corrected chi connectivity index (χ3v) is 9.44. The quantitative estimate of drug-likeness (QED) is 0.0993. The van der Waals surface area contributed by atoms with Crippen molar-refractivity contribution in [1.29, 1.82) is 5.41 Å². The van der Waals surface area contributed by atoms with Crippen LogP contribution in [0.3, 0.4) is 0 Å². The number of allylic oxidation sites excluding steroid dienone is 3. The standard InChI is InChI=1S/C31H39N7O7/c1-37(2)19-12-18(35-30(33)34-13-14-8-6-5-7-9-14)23(36-45)21-16(19)10-15-11-17-24(38(3)4)26(40)22(29(32)43)28(42)31(17,44)27(41)20(15)25(21)39/h6,8-9,12,15,17,22,24,26,40-41,44H,5,7,10-11,13H2,1-4H3,(H2,32,43)(H3,33,34,35)/t15-,17-,22?,24?,26?,31-/m0/s1. The Balaban J connectivity index is 1.60. The molecule has 1 aromatic carbocycles. The number of nitrogens with one attached hydrogen (secondary N) is 3. The zero-order valence-electron chi connectivity index (χ0n) is 25.6. The molecule has 0 saturated heterocycles. The van der Waals surface area contributed by atoms with Crippen LogP contribution in [-0.4, -0.2) is 96.1 Å². The number of Topliss-reactive ketones (excluding diaryl/α,β-unsaturated/α-hetero) is 2. The number of nitroso groups, excluding NO2 is 1.